The Labute approximate surface area is 160 Å². The van der Waals surface area contributed by atoms with Crippen molar-refractivity contribution in [2.75, 3.05) is 0 Å². The average molecular weight is 391 g/mol. The van der Waals surface area contributed by atoms with Gasteiger partial charge >= 0.3 is 0 Å². The second-order valence-corrected chi connectivity index (χ2v) is 6.52. The molecule has 0 aliphatic carbocycles. The number of halogens is 2. The van der Waals surface area contributed by atoms with E-state index in [2.05, 4.69) is 5.10 Å². The molecule has 0 radical (unpaired) electrons. The highest BCUT2D eigenvalue weighted by atomic mass is 35.5. The maximum atomic E-state index is 12.1. The maximum absolute atomic E-state index is 12.1. The first-order chi connectivity index (χ1) is 12.4. The Hall–Kier alpha value is -2.50. The first kappa shape index (κ1) is 18.3. The highest BCUT2D eigenvalue weighted by molar-refractivity contribution is 6.34. The van der Waals surface area contributed by atoms with Gasteiger partial charge in [0.05, 0.1) is 5.02 Å². The number of benzene rings is 1. The van der Waals surface area contributed by atoms with E-state index in [1.54, 1.807) is 43.6 Å². The van der Waals surface area contributed by atoms with E-state index in [4.69, 9.17) is 32.4 Å². The van der Waals surface area contributed by atoms with Crippen molar-refractivity contribution < 1.29 is 13.9 Å². The van der Waals surface area contributed by atoms with Crippen LogP contribution in [-0.4, -0.2) is 15.6 Å². The van der Waals surface area contributed by atoms with Crippen molar-refractivity contribution in [3.8, 4) is 5.75 Å². The summed E-state index contributed by atoms with van der Waals surface area (Å²) >= 11 is 12.0. The molecule has 0 unspecified atom stereocenters. The van der Waals surface area contributed by atoms with Crippen molar-refractivity contribution >= 4 is 35.1 Å². The lowest BCUT2D eigenvalue weighted by Gasteiger charge is -2.05. The maximum Gasteiger partial charge on any atom is 0.207 e. The van der Waals surface area contributed by atoms with Gasteiger partial charge in [-0.2, -0.15) is 5.10 Å². The molecule has 0 atom stereocenters. The summed E-state index contributed by atoms with van der Waals surface area (Å²) in [6.07, 6.45) is 4.52. The van der Waals surface area contributed by atoms with Crippen molar-refractivity contribution in [3.63, 3.8) is 0 Å². The van der Waals surface area contributed by atoms with Crippen LogP contribution in [0.5, 0.6) is 5.75 Å². The molecule has 7 heteroatoms. The van der Waals surface area contributed by atoms with Gasteiger partial charge in [0, 0.05) is 18.3 Å². The third-order valence-corrected chi connectivity index (χ3v) is 4.31. The number of rotatable bonds is 6. The minimum Gasteiger partial charge on any atom is -0.486 e. The number of aryl methyl sites for hydroxylation is 2. The molecule has 2 heterocycles. The van der Waals surface area contributed by atoms with Crippen molar-refractivity contribution in [1.29, 1.82) is 0 Å². The molecular weight excluding hydrogens is 375 g/mol. The summed E-state index contributed by atoms with van der Waals surface area (Å²) in [6, 6.07) is 9.00. The van der Waals surface area contributed by atoms with Crippen LogP contribution in [0.15, 0.2) is 47.0 Å². The van der Waals surface area contributed by atoms with Crippen molar-refractivity contribution in [1.82, 2.24) is 9.78 Å². The van der Waals surface area contributed by atoms with Crippen LogP contribution in [0.3, 0.4) is 0 Å². The second kappa shape index (κ2) is 7.81. The van der Waals surface area contributed by atoms with E-state index in [-0.39, 0.29) is 18.1 Å². The molecule has 2 aromatic heterocycles. The fourth-order valence-electron chi connectivity index (χ4n) is 2.29. The fourth-order valence-corrected chi connectivity index (χ4v) is 2.68. The van der Waals surface area contributed by atoms with Crippen LogP contribution in [0, 0.1) is 6.92 Å². The van der Waals surface area contributed by atoms with Crippen LogP contribution in [0.2, 0.25) is 10.0 Å². The minimum absolute atomic E-state index is 0.207. The van der Waals surface area contributed by atoms with Crippen LogP contribution in [0.25, 0.3) is 6.08 Å². The summed E-state index contributed by atoms with van der Waals surface area (Å²) in [6.45, 7) is 2.19. The van der Waals surface area contributed by atoms with Gasteiger partial charge in [0.15, 0.2) is 5.69 Å². The predicted octanol–water partition coefficient (Wildman–Crippen LogP) is 5.10. The van der Waals surface area contributed by atoms with Gasteiger partial charge < -0.3 is 9.15 Å². The molecule has 0 amide bonds. The van der Waals surface area contributed by atoms with Crippen LogP contribution < -0.4 is 4.74 Å². The van der Waals surface area contributed by atoms with Gasteiger partial charge in [-0.05, 0) is 55.0 Å². The van der Waals surface area contributed by atoms with E-state index in [9.17, 15) is 4.79 Å². The lowest BCUT2D eigenvalue weighted by molar-refractivity contribution is 0.104. The number of ether oxygens (including phenoxy) is 1. The molecule has 0 bridgehead atoms. The molecule has 3 aromatic rings. The predicted molar refractivity (Wildman–Crippen MR) is 101 cm³/mol. The highest BCUT2D eigenvalue weighted by Crippen LogP contribution is 2.22. The summed E-state index contributed by atoms with van der Waals surface area (Å²) in [7, 11) is 1.70. The molecule has 0 aliphatic rings. The average Bonchev–Trinajstić information content (AvgIpc) is 3.19. The molecule has 1 aromatic carbocycles. The molecule has 0 spiro atoms. The Balaban J connectivity index is 1.61. The zero-order valence-corrected chi connectivity index (χ0v) is 15.7. The van der Waals surface area contributed by atoms with Crippen LogP contribution in [0.4, 0.5) is 0 Å². The number of carbonyl (C=O) groups excluding carboxylic acids is 1. The lowest BCUT2D eigenvalue weighted by Crippen LogP contribution is -1.98. The summed E-state index contributed by atoms with van der Waals surface area (Å²) < 4.78 is 12.8. The number of allylic oxidation sites excluding steroid dienone is 1. The van der Waals surface area contributed by atoms with Gasteiger partial charge in [0.1, 0.15) is 23.9 Å². The SMILES string of the molecule is Cc1cc(OCc2ccc(C=CC(=O)c3nn(C)cc3Cl)o2)ccc1Cl. The van der Waals surface area contributed by atoms with Crippen molar-refractivity contribution in [2.45, 2.75) is 13.5 Å². The van der Waals surface area contributed by atoms with Crippen LogP contribution in [0.1, 0.15) is 27.6 Å². The van der Waals surface area contributed by atoms with E-state index in [1.165, 1.54) is 10.8 Å². The molecule has 3 rings (SSSR count). The van der Waals surface area contributed by atoms with Crippen LogP contribution in [-0.2, 0) is 13.7 Å². The smallest absolute Gasteiger partial charge is 0.207 e. The Bertz CT molecular complexity index is 973. The Morgan fingerprint density at radius 3 is 2.77 bits per heavy atom. The molecule has 5 nitrogen and oxygen atoms in total. The number of hydrogen-bond acceptors (Lipinski definition) is 4. The van der Waals surface area contributed by atoms with E-state index in [0.29, 0.717) is 27.3 Å². The number of furan rings is 1. The Kier molecular flexibility index (Phi) is 5.49. The number of carbonyl (C=O) groups is 1. The molecule has 0 aliphatic heterocycles. The standard InChI is InChI=1S/C19H16Cl2N2O3/c1-12-9-14(5-7-16(12)20)25-11-15-4-3-13(26-15)6-8-18(24)19-17(21)10-23(2)22-19/h3-10H,11H2,1-2H3. The van der Waals surface area contributed by atoms with E-state index in [0.717, 1.165) is 5.56 Å². The first-order valence-corrected chi connectivity index (χ1v) is 8.57. The quantitative estimate of drug-likeness (QED) is 0.433. The first-order valence-electron chi connectivity index (χ1n) is 7.81. The van der Waals surface area contributed by atoms with Gasteiger partial charge in [-0.3, -0.25) is 9.48 Å². The monoisotopic (exact) mass is 390 g/mol. The largest absolute Gasteiger partial charge is 0.486 e. The summed E-state index contributed by atoms with van der Waals surface area (Å²) in [5.41, 5.74) is 1.15. The van der Waals surface area contributed by atoms with E-state index in [1.807, 2.05) is 13.0 Å². The fraction of sp³-hybridized carbons (Fsp3) is 0.158. The van der Waals surface area contributed by atoms with Gasteiger partial charge in [-0.15, -0.1) is 0 Å². The normalized spacial score (nSPS) is 11.2. The summed E-state index contributed by atoms with van der Waals surface area (Å²) in [5.74, 6) is 1.60. The van der Waals surface area contributed by atoms with Crippen LogP contribution >= 0.6 is 23.2 Å². The van der Waals surface area contributed by atoms with E-state index >= 15 is 0 Å². The number of ketones is 1. The Morgan fingerprint density at radius 2 is 2.08 bits per heavy atom. The van der Waals surface area contributed by atoms with E-state index < -0.39 is 0 Å². The third-order valence-electron chi connectivity index (χ3n) is 3.61. The zero-order valence-electron chi connectivity index (χ0n) is 14.2. The minimum atomic E-state index is -0.290. The number of nitrogens with zero attached hydrogens (tertiary/aromatic N) is 2. The zero-order chi connectivity index (χ0) is 18.7. The molecule has 0 saturated carbocycles. The van der Waals surface area contributed by atoms with Gasteiger partial charge in [0.2, 0.25) is 5.78 Å². The third kappa shape index (κ3) is 4.36. The topological polar surface area (TPSA) is 57.3 Å². The summed E-state index contributed by atoms with van der Waals surface area (Å²) in [4.78, 5) is 12.1. The summed E-state index contributed by atoms with van der Waals surface area (Å²) in [5, 5.41) is 5.04. The van der Waals surface area contributed by atoms with Gasteiger partial charge in [-0.1, -0.05) is 23.2 Å². The number of aromatic nitrogens is 2. The Morgan fingerprint density at radius 1 is 1.27 bits per heavy atom. The lowest BCUT2D eigenvalue weighted by atomic mass is 10.2. The molecular formula is C19H16Cl2N2O3. The van der Waals surface area contributed by atoms with Gasteiger partial charge in [0.25, 0.3) is 0 Å². The highest BCUT2D eigenvalue weighted by Gasteiger charge is 2.12. The van der Waals surface area contributed by atoms with Gasteiger partial charge in [-0.25, -0.2) is 0 Å². The molecule has 0 saturated heterocycles. The second-order valence-electron chi connectivity index (χ2n) is 5.70. The van der Waals surface area contributed by atoms with Crippen molar-refractivity contribution in [2.24, 2.45) is 7.05 Å². The van der Waals surface area contributed by atoms with Crippen molar-refractivity contribution in [3.05, 3.63) is 75.4 Å². The molecule has 0 fully saturated rings. The molecule has 134 valence electrons. The molecule has 0 N–H and O–H groups in total. The molecule has 26 heavy (non-hydrogen) atoms. The number of hydrogen-bond donors (Lipinski definition) is 0.